The van der Waals surface area contributed by atoms with Gasteiger partial charge < -0.3 is 18.9 Å². The summed E-state index contributed by atoms with van der Waals surface area (Å²) in [5.41, 5.74) is 0. The van der Waals surface area contributed by atoms with Crippen molar-refractivity contribution in [2.45, 2.75) is 84.2 Å². The molecule has 0 fully saturated rings. The quantitative estimate of drug-likeness (QED) is 0.119. The van der Waals surface area contributed by atoms with Gasteiger partial charge >= 0.3 is 19.8 Å². The fourth-order valence-electron chi connectivity index (χ4n) is 2.80. The molecule has 190 valence electrons. The number of carbonyl (C=O) groups excluding carboxylic acids is 2. The van der Waals surface area contributed by atoms with Gasteiger partial charge in [0.25, 0.3) is 0 Å². The molecule has 0 aliphatic carbocycles. The summed E-state index contributed by atoms with van der Waals surface area (Å²) >= 11 is 0. The molecule has 0 aliphatic rings. The summed E-state index contributed by atoms with van der Waals surface area (Å²) in [6.45, 7) is 3.31. The van der Waals surface area contributed by atoms with Gasteiger partial charge in [-0.3, -0.25) is 18.6 Å². The molecule has 0 amide bonds. The second-order valence-electron chi connectivity index (χ2n) is 9.10. The van der Waals surface area contributed by atoms with Crippen molar-refractivity contribution in [2.75, 3.05) is 47.5 Å². The monoisotopic (exact) mass is 482 g/mol. The summed E-state index contributed by atoms with van der Waals surface area (Å²) in [4.78, 5) is 33.0. The van der Waals surface area contributed by atoms with E-state index >= 15 is 0 Å². The fourth-order valence-corrected chi connectivity index (χ4v) is 3.54. The average Bonchev–Trinajstić information content (AvgIpc) is 2.67. The van der Waals surface area contributed by atoms with Gasteiger partial charge in [0, 0.05) is 13.3 Å². The molecule has 2 atom stereocenters. The van der Waals surface area contributed by atoms with E-state index in [-0.39, 0.29) is 19.6 Å². The molecule has 0 spiro atoms. The van der Waals surface area contributed by atoms with E-state index in [1.165, 1.54) is 45.4 Å². The van der Waals surface area contributed by atoms with E-state index in [0.717, 1.165) is 12.8 Å². The van der Waals surface area contributed by atoms with Crippen LogP contribution in [0, 0.1) is 0 Å². The first kappa shape index (κ1) is 31.0. The van der Waals surface area contributed by atoms with Gasteiger partial charge in [0.05, 0.1) is 27.7 Å². The van der Waals surface area contributed by atoms with Gasteiger partial charge in [-0.05, 0) is 6.42 Å². The van der Waals surface area contributed by atoms with Crippen LogP contribution in [0.3, 0.4) is 0 Å². The highest BCUT2D eigenvalue weighted by atomic mass is 31.2. The third kappa shape index (κ3) is 20.9. The van der Waals surface area contributed by atoms with Crippen LogP contribution in [0.15, 0.2) is 0 Å². The number of nitrogens with zero attached hydrogens (tertiary/aromatic N) is 1. The van der Waals surface area contributed by atoms with Crippen LogP contribution in [0.25, 0.3) is 0 Å². The molecule has 0 bridgehead atoms. The Hall–Kier alpha value is -0.990. The second-order valence-corrected chi connectivity index (χ2v) is 10.6. The molecule has 0 aliphatic heterocycles. The minimum absolute atomic E-state index is 0.0320. The molecule has 32 heavy (non-hydrogen) atoms. The van der Waals surface area contributed by atoms with Crippen LogP contribution in [-0.2, 0) is 32.7 Å². The molecule has 0 saturated carbocycles. The number of hydrogen-bond acceptors (Lipinski definition) is 7. The molecule has 0 saturated heterocycles. The van der Waals surface area contributed by atoms with Gasteiger partial charge in [0.15, 0.2) is 6.10 Å². The molecular formula is C22H45NO8P+. The van der Waals surface area contributed by atoms with Crippen molar-refractivity contribution in [3.05, 3.63) is 0 Å². The van der Waals surface area contributed by atoms with Crippen molar-refractivity contribution < 1.29 is 42.1 Å². The van der Waals surface area contributed by atoms with Gasteiger partial charge in [-0.15, -0.1) is 0 Å². The van der Waals surface area contributed by atoms with Crippen LogP contribution in [0.1, 0.15) is 78.1 Å². The third-order valence-electron chi connectivity index (χ3n) is 4.70. The van der Waals surface area contributed by atoms with Crippen molar-refractivity contribution >= 4 is 19.8 Å². The zero-order chi connectivity index (χ0) is 24.5. The Balaban J connectivity index is 4.27. The highest BCUT2D eigenvalue weighted by Gasteiger charge is 2.26. The summed E-state index contributed by atoms with van der Waals surface area (Å²) < 4.78 is 32.7. The van der Waals surface area contributed by atoms with Crippen LogP contribution >= 0.6 is 7.82 Å². The summed E-state index contributed by atoms with van der Waals surface area (Å²) in [7, 11) is 1.47. The topological polar surface area (TPSA) is 108 Å². The molecular weight excluding hydrogens is 437 g/mol. The summed E-state index contributed by atoms with van der Waals surface area (Å²) in [5, 5.41) is 0. The Labute approximate surface area is 193 Å². The summed E-state index contributed by atoms with van der Waals surface area (Å²) in [5.74, 6) is -0.996. The van der Waals surface area contributed by atoms with Crippen LogP contribution in [0.5, 0.6) is 0 Å². The van der Waals surface area contributed by atoms with Gasteiger partial charge in [-0.1, -0.05) is 58.3 Å². The zero-order valence-corrected chi connectivity index (χ0v) is 21.6. The minimum atomic E-state index is -4.31. The van der Waals surface area contributed by atoms with E-state index in [1.807, 2.05) is 21.1 Å². The molecule has 0 aromatic carbocycles. The Morgan fingerprint density at radius 1 is 0.906 bits per heavy atom. The molecule has 9 nitrogen and oxygen atoms in total. The Morgan fingerprint density at radius 2 is 1.47 bits per heavy atom. The van der Waals surface area contributed by atoms with E-state index in [9.17, 15) is 19.0 Å². The highest BCUT2D eigenvalue weighted by Crippen LogP contribution is 2.43. The molecule has 0 aromatic heterocycles. The van der Waals surface area contributed by atoms with Crippen molar-refractivity contribution in [2.24, 2.45) is 0 Å². The van der Waals surface area contributed by atoms with Crippen LogP contribution in [-0.4, -0.2) is 74.9 Å². The van der Waals surface area contributed by atoms with E-state index < -0.39 is 32.5 Å². The lowest BCUT2D eigenvalue weighted by Crippen LogP contribution is -2.37. The van der Waals surface area contributed by atoms with Gasteiger partial charge in [-0.25, -0.2) is 4.57 Å². The maximum absolute atomic E-state index is 12.1. The summed E-state index contributed by atoms with van der Waals surface area (Å²) in [6.07, 6.45) is 9.47. The molecule has 2 unspecified atom stereocenters. The van der Waals surface area contributed by atoms with Crippen LogP contribution < -0.4 is 0 Å². The lowest BCUT2D eigenvalue weighted by Gasteiger charge is -2.24. The first-order chi connectivity index (χ1) is 14.9. The predicted octanol–water partition coefficient (Wildman–Crippen LogP) is 4.22. The molecule has 1 N–H and O–H groups in total. The number of phosphoric ester groups is 1. The number of esters is 2. The van der Waals surface area contributed by atoms with Crippen LogP contribution in [0.2, 0.25) is 0 Å². The SMILES string of the molecule is CCCCCCCCCCCC(=O)OC(COC(C)=O)COP(=O)(O)OCC[N+](C)(C)C. The number of likely N-dealkylation sites (N-methyl/N-ethyl adjacent to an activating group) is 1. The Morgan fingerprint density at radius 3 is 2.00 bits per heavy atom. The van der Waals surface area contributed by atoms with E-state index in [4.69, 9.17) is 18.5 Å². The smallest absolute Gasteiger partial charge is 0.462 e. The number of ether oxygens (including phenoxy) is 2. The van der Waals surface area contributed by atoms with Crippen molar-refractivity contribution in [3.8, 4) is 0 Å². The first-order valence-corrected chi connectivity index (χ1v) is 13.2. The van der Waals surface area contributed by atoms with E-state index in [1.54, 1.807) is 0 Å². The number of unbranched alkanes of at least 4 members (excludes halogenated alkanes) is 8. The lowest BCUT2D eigenvalue weighted by molar-refractivity contribution is -0.870. The Kier molecular flexibility index (Phi) is 16.9. The van der Waals surface area contributed by atoms with Gasteiger partial charge in [-0.2, -0.15) is 0 Å². The number of carbonyl (C=O) groups is 2. The molecule has 0 radical (unpaired) electrons. The number of rotatable bonds is 20. The van der Waals surface area contributed by atoms with E-state index in [2.05, 4.69) is 6.92 Å². The maximum atomic E-state index is 12.1. The van der Waals surface area contributed by atoms with E-state index in [0.29, 0.717) is 17.4 Å². The number of phosphoric acid groups is 1. The second kappa shape index (κ2) is 17.5. The van der Waals surface area contributed by atoms with Gasteiger partial charge in [0.2, 0.25) is 0 Å². The molecule has 0 aromatic rings. The average molecular weight is 483 g/mol. The standard InChI is InChI=1S/C22H44NO8P/c1-6-7-8-9-10-11-12-13-14-15-22(25)31-21(18-28-20(2)24)19-30-32(26,27)29-17-16-23(3,4)5/h21H,6-19H2,1-5H3/p+1. The highest BCUT2D eigenvalue weighted by molar-refractivity contribution is 7.47. The largest absolute Gasteiger partial charge is 0.472 e. The Bertz CT molecular complexity index is 565. The third-order valence-corrected chi connectivity index (χ3v) is 5.68. The molecule has 0 rings (SSSR count). The fraction of sp³-hybridized carbons (Fsp3) is 0.909. The molecule has 0 heterocycles. The lowest BCUT2D eigenvalue weighted by atomic mass is 10.1. The molecule has 10 heteroatoms. The number of quaternary nitrogens is 1. The van der Waals surface area contributed by atoms with Crippen molar-refractivity contribution in [1.82, 2.24) is 0 Å². The zero-order valence-electron chi connectivity index (χ0n) is 20.7. The van der Waals surface area contributed by atoms with Crippen LogP contribution in [0.4, 0.5) is 0 Å². The maximum Gasteiger partial charge on any atom is 0.472 e. The number of hydrogen-bond donors (Lipinski definition) is 1. The summed E-state index contributed by atoms with van der Waals surface area (Å²) in [6, 6.07) is 0. The normalized spacial score (nSPS) is 14.6. The van der Waals surface area contributed by atoms with Gasteiger partial charge in [0.1, 0.15) is 19.8 Å². The first-order valence-electron chi connectivity index (χ1n) is 11.7. The van der Waals surface area contributed by atoms with Crippen molar-refractivity contribution in [1.29, 1.82) is 0 Å². The predicted molar refractivity (Wildman–Crippen MR) is 123 cm³/mol. The van der Waals surface area contributed by atoms with Crippen molar-refractivity contribution in [3.63, 3.8) is 0 Å². The minimum Gasteiger partial charge on any atom is -0.462 e.